The predicted octanol–water partition coefficient (Wildman–Crippen LogP) is 4.38. The van der Waals surface area contributed by atoms with E-state index in [9.17, 15) is 0 Å². The number of rotatable bonds is 6. The summed E-state index contributed by atoms with van der Waals surface area (Å²) in [5.41, 5.74) is 7.08. The molecule has 0 spiro atoms. The van der Waals surface area contributed by atoms with Crippen LogP contribution in [0.1, 0.15) is 34.2 Å². The molecule has 0 radical (unpaired) electrons. The van der Waals surface area contributed by atoms with Gasteiger partial charge in [-0.3, -0.25) is 0 Å². The van der Waals surface area contributed by atoms with Gasteiger partial charge in [-0.1, -0.05) is 48.0 Å². The van der Waals surface area contributed by atoms with E-state index in [2.05, 4.69) is 75.6 Å². The van der Waals surface area contributed by atoms with Crippen LogP contribution in [0.15, 0.2) is 42.5 Å². The number of benzene rings is 2. The molecule has 0 aromatic heterocycles. The standard InChI is InChI=1S/C20H27N/c1-15-8-10-18(11-9-15)12-13-19(21-4)14-20-16(2)6-5-7-17(20)3/h5-11,19,21H,12-14H2,1-4H3. The van der Waals surface area contributed by atoms with Crippen molar-refractivity contribution in [3.8, 4) is 0 Å². The molecule has 0 bridgehead atoms. The van der Waals surface area contributed by atoms with Crippen molar-refractivity contribution in [1.82, 2.24) is 5.32 Å². The molecule has 0 aliphatic rings. The molecule has 1 heteroatoms. The summed E-state index contributed by atoms with van der Waals surface area (Å²) < 4.78 is 0. The minimum atomic E-state index is 0.533. The zero-order valence-electron chi connectivity index (χ0n) is 13.7. The van der Waals surface area contributed by atoms with Crippen molar-refractivity contribution in [2.75, 3.05) is 7.05 Å². The van der Waals surface area contributed by atoms with Gasteiger partial charge in [0.25, 0.3) is 0 Å². The lowest BCUT2D eigenvalue weighted by Crippen LogP contribution is -2.28. The highest BCUT2D eigenvalue weighted by molar-refractivity contribution is 5.34. The van der Waals surface area contributed by atoms with Crippen LogP contribution in [0.5, 0.6) is 0 Å². The molecule has 2 aromatic carbocycles. The molecular formula is C20H27N. The summed E-state index contributed by atoms with van der Waals surface area (Å²) in [7, 11) is 2.08. The van der Waals surface area contributed by atoms with Crippen LogP contribution >= 0.6 is 0 Å². The van der Waals surface area contributed by atoms with Crippen LogP contribution in [0.2, 0.25) is 0 Å². The molecule has 0 fully saturated rings. The van der Waals surface area contributed by atoms with Gasteiger partial charge in [0.05, 0.1) is 0 Å². The Balaban J connectivity index is 1.98. The maximum absolute atomic E-state index is 3.49. The Morgan fingerprint density at radius 2 is 1.52 bits per heavy atom. The van der Waals surface area contributed by atoms with E-state index in [-0.39, 0.29) is 0 Å². The Labute approximate surface area is 129 Å². The van der Waals surface area contributed by atoms with E-state index in [4.69, 9.17) is 0 Å². The van der Waals surface area contributed by atoms with Gasteiger partial charge in [-0.25, -0.2) is 0 Å². The fourth-order valence-corrected chi connectivity index (χ4v) is 2.86. The topological polar surface area (TPSA) is 12.0 Å². The summed E-state index contributed by atoms with van der Waals surface area (Å²) in [6.45, 7) is 6.57. The Hall–Kier alpha value is -1.60. The van der Waals surface area contributed by atoms with E-state index in [0.717, 1.165) is 12.8 Å². The molecule has 1 nitrogen and oxygen atoms in total. The first-order valence-corrected chi connectivity index (χ1v) is 7.88. The monoisotopic (exact) mass is 281 g/mol. The number of aryl methyl sites for hydroxylation is 4. The van der Waals surface area contributed by atoms with E-state index in [1.165, 1.54) is 34.2 Å². The van der Waals surface area contributed by atoms with Gasteiger partial charge in [-0.05, 0) is 69.3 Å². The number of likely N-dealkylation sites (N-methyl/N-ethyl adjacent to an activating group) is 1. The van der Waals surface area contributed by atoms with Gasteiger partial charge in [-0.2, -0.15) is 0 Å². The first-order valence-electron chi connectivity index (χ1n) is 7.88. The molecule has 0 amide bonds. The van der Waals surface area contributed by atoms with Crippen molar-refractivity contribution in [2.24, 2.45) is 0 Å². The fraction of sp³-hybridized carbons (Fsp3) is 0.400. The fourth-order valence-electron chi connectivity index (χ4n) is 2.86. The molecule has 112 valence electrons. The first-order chi connectivity index (χ1) is 10.1. The number of hydrogen-bond donors (Lipinski definition) is 1. The highest BCUT2D eigenvalue weighted by Gasteiger charge is 2.11. The minimum Gasteiger partial charge on any atom is -0.317 e. The van der Waals surface area contributed by atoms with Gasteiger partial charge in [0.1, 0.15) is 0 Å². The van der Waals surface area contributed by atoms with Crippen molar-refractivity contribution >= 4 is 0 Å². The predicted molar refractivity (Wildman–Crippen MR) is 92.0 cm³/mol. The van der Waals surface area contributed by atoms with Gasteiger partial charge < -0.3 is 5.32 Å². The molecule has 1 N–H and O–H groups in total. The number of hydrogen-bond acceptors (Lipinski definition) is 1. The van der Waals surface area contributed by atoms with E-state index in [1.54, 1.807) is 0 Å². The van der Waals surface area contributed by atoms with Crippen molar-refractivity contribution < 1.29 is 0 Å². The second kappa shape index (κ2) is 7.42. The first kappa shape index (κ1) is 15.8. The molecule has 21 heavy (non-hydrogen) atoms. The van der Waals surface area contributed by atoms with E-state index < -0.39 is 0 Å². The lowest BCUT2D eigenvalue weighted by atomic mass is 9.93. The average Bonchev–Trinajstić information content (AvgIpc) is 2.48. The molecule has 0 aliphatic carbocycles. The maximum atomic E-state index is 3.49. The molecular weight excluding hydrogens is 254 g/mol. The third-order valence-corrected chi connectivity index (χ3v) is 4.41. The summed E-state index contributed by atoms with van der Waals surface area (Å²) in [5, 5.41) is 3.49. The summed E-state index contributed by atoms with van der Waals surface area (Å²) in [5.74, 6) is 0. The van der Waals surface area contributed by atoms with E-state index in [1.807, 2.05) is 0 Å². The second-order valence-electron chi connectivity index (χ2n) is 6.08. The van der Waals surface area contributed by atoms with Crippen LogP contribution in [0.3, 0.4) is 0 Å². The van der Waals surface area contributed by atoms with Crippen LogP contribution < -0.4 is 5.32 Å². The lowest BCUT2D eigenvalue weighted by molar-refractivity contribution is 0.518. The van der Waals surface area contributed by atoms with E-state index in [0.29, 0.717) is 6.04 Å². The van der Waals surface area contributed by atoms with Gasteiger partial charge in [0.2, 0.25) is 0 Å². The molecule has 1 atom stereocenters. The van der Waals surface area contributed by atoms with Crippen LogP contribution in [0.25, 0.3) is 0 Å². The number of nitrogens with one attached hydrogen (secondary N) is 1. The highest BCUT2D eigenvalue weighted by Crippen LogP contribution is 2.17. The Kier molecular flexibility index (Phi) is 5.58. The molecule has 0 saturated heterocycles. The smallest absolute Gasteiger partial charge is 0.0108 e. The summed E-state index contributed by atoms with van der Waals surface area (Å²) in [4.78, 5) is 0. The average molecular weight is 281 g/mol. The van der Waals surface area contributed by atoms with Gasteiger partial charge in [-0.15, -0.1) is 0 Å². The summed E-state index contributed by atoms with van der Waals surface area (Å²) >= 11 is 0. The molecule has 0 saturated carbocycles. The molecule has 2 rings (SSSR count). The molecule has 1 unspecified atom stereocenters. The third kappa shape index (κ3) is 4.44. The maximum Gasteiger partial charge on any atom is 0.0108 e. The Bertz CT molecular complexity index is 549. The third-order valence-electron chi connectivity index (χ3n) is 4.41. The van der Waals surface area contributed by atoms with Gasteiger partial charge in [0, 0.05) is 6.04 Å². The quantitative estimate of drug-likeness (QED) is 0.829. The van der Waals surface area contributed by atoms with Crippen LogP contribution in [-0.2, 0) is 12.8 Å². The van der Waals surface area contributed by atoms with Crippen molar-refractivity contribution in [3.05, 3.63) is 70.3 Å². The zero-order chi connectivity index (χ0) is 15.2. The van der Waals surface area contributed by atoms with Gasteiger partial charge >= 0.3 is 0 Å². The SMILES string of the molecule is CNC(CCc1ccc(C)cc1)Cc1c(C)cccc1C. The molecule has 0 heterocycles. The van der Waals surface area contributed by atoms with Crippen LogP contribution in [0.4, 0.5) is 0 Å². The summed E-state index contributed by atoms with van der Waals surface area (Å²) in [6.07, 6.45) is 3.42. The highest BCUT2D eigenvalue weighted by atomic mass is 14.9. The second-order valence-corrected chi connectivity index (χ2v) is 6.08. The summed E-state index contributed by atoms with van der Waals surface area (Å²) in [6, 6.07) is 16.0. The van der Waals surface area contributed by atoms with E-state index >= 15 is 0 Å². The molecule has 2 aromatic rings. The van der Waals surface area contributed by atoms with Crippen LogP contribution in [-0.4, -0.2) is 13.1 Å². The zero-order valence-corrected chi connectivity index (χ0v) is 13.7. The van der Waals surface area contributed by atoms with Crippen molar-refractivity contribution in [1.29, 1.82) is 0 Å². The largest absolute Gasteiger partial charge is 0.317 e. The Morgan fingerprint density at radius 1 is 0.905 bits per heavy atom. The van der Waals surface area contributed by atoms with Crippen molar-refractivity contribution in [3.63, 3.8) is 0 Å². The van der Waals surface area contributed by atoms with Gasteiger partial charge in [0.15, 0.2) is 0 Å². The lowest BCUT2D eigenvalue weighted by Gasteiger charge is -2.19. The Morgan fingerprint density at radius 3 is 2.10 bits per heavy atom. The van der Waals surface area contributed by atoms with Crippen LogP contribution in [0, 0.1) is 20.8 Å². The normalized spacial score (nSPS) is 12.4. The molecule has 0 aliphatic heterocycles. The van der Waals surface area contributed by atoms with Crippen molar-refractivity contribution in [2.45, 2.75) is 46.1 Å². The minimum absolute atomic E-state index is 0.533.